The highest BCUT2D eigenvalue weighted by molar-refractivity contribution is 6.28. The molecule has 1 aliphatic carbocycles. The lowest BCUT2D eigenvalue weighted by Gasteiger charge is -2.42. The fourth-order valence-corrected chi connectivity index (χ4v) is 6.38. The number of nitrogens with zero attached hydrogens (tertiary/aromatic N) is 6. The maximum atomic E-state index is 6.51. The fraction of sp³-hybridized carbons (Fsp3) is 0.481. The monoisotopic (exact) mass is 474 g/mol. The van der Waals surface area contributed by atoms with Crippen molar-refractivity contribution < 1.29 is 0 Å². The highest BCUT2D eigenvalue weighted by atomic mass is 35.5. The first-order valence-corrected chi connectivity index (χ1v) is 13.0. The van der Waals surface area contributed by atoms with Gasteiger partial charge in [-0.3, -0.25) is 9.89 Å². The van der Waals surface area contributed by atoms with Crippen molar-refractivity contribution in [2.45, 2.75) is 63.1 Å². The van der Waals surface area contributed by atoms with E-state index in [0.29, 0.717) is 17.9 Å². The Hall–Kier alpha value is -2.57. The van der Waals surface area contributed by atoms with E-state index in [1.54, 1.807) is 0 Å². The summed E-state index contributed by atoms with van der Waals surface area (Å²) in [5.74, 6) is 1.20. The minimum absolute atomic E-state index is 0.268. The SMILES string of the molecule is CC(c1ccccc1)C1CCN(C2(c3nc(Cl)nc4c3ncn4C3CCCC3)C=CC=N2)CC1. The molecule has 1 aromatic carbocycles. The Kier molecular flexibility index (Phi) is 5.74. The van der Waals surface area contributed by atoms with Gasteiger partial charge >= 0.3 is 0 Å². The van der Waals surface area contributed by atoms with Crippen LogP contribution in [0.1, 0.15) is 68.7 Å². The Morgan fingerprint density at radius 3 is 2.50 bits per heavy atom. The molecule has 3 aromatic rings. The molecule has 1 saturated heterocycles. The number of imidazole rings is 1. The number of benzene rings is 1. The molecule has 0 bridgehead atoms. The smallest absolute Gasteiger partial charge is 0.224 e. The second kappa shape index (κ2) is 8.90. The summed E-state index contributed by atoms with van der Waals surface area (Å²) in [5.41, 5.74) is 3.22. The number of piperidine rings is 1. The lowest BCUT2D eigenvalue weighted by atomic mass is 9.80. The van der Waals surface area contributed by atoms with Gasteiger partial charge < -0.3 is 4.57 Å². The van der Waals surface area contributed by atoms with Gasteiger partial charge in [0.25, 0.3) is 0 Å². The first kappa shape index (κ1) is 21.9. The van der Waals surface area contributed by atoms with Crippen LogP contribution in [-0.4, -0.2) is 43.7 Å². The van der Waals surface area contributed by atoms with Crippen molar-refractivity contribution >= 4 is 29.0 Å². The zero-order valence-corrected chi connectivity index (χ0v) is 20.4. The molecule has 6 nitrogen and oxygen atoms in total. The van der Waals surface area contributed by atoms with Crippen molar-refractivity contribution in [2.75, 3.05) is 13.1 Å². The van der Waals surface area contributed by atoms with Crippen LogP contribution >= 0.6 is 11.6 Å². The maximum Gasteiger partial charge on any atom is 0.224 e. The van der Waals surface area contributed by atoms with Crippen LogP contribution in [0.5, 0.6) is 0 Å². The number of fused-ring (bicyclic) bond motifs is 1. The molecular formula is C27H31ClN6. The topological polar surface area (TPSA) is 59.2 Å². The Morgan fingerprint density at radius 1 is 1.03 bits per heavy atom. The molecule has 2 aliphatic heterocycles. The van der Waals surface area contributed by atoms with Crippen molar-refractivity contribution in [3.8, 4) is 0 Å². The molecule has 0 spiro atoms. The van der Waals surface area contributed by atoms with E-state index in [4.69, 9.17) is 26.6 Å². The molecule has 0 amide bonds. The van der Waals surface area contributed by atoms with E-state index in [9.17, 15) is 0 Å². The van der Waals surface area contributed by atoms with Crippen molar-refractivity contribution in [1.29, 1.82) is 0 Å². The van der Waals surface area contributed by atoms with E-state index in [1.165, 1.54) is 31.2 Å². The normalized spacial score (nSPS) is 25.0. The van der Waals surface area contributed by atoms with Gasteiger partial charge in [0.15, 0.2) is 11.3 Å². The van der Waals surface area contributed by atoms with Gasteiger partial charge in [0.1, 0.15) is 11.2 Å². The van der Waals surface area contributed by atoms with Gasteiger partial charge in [0, 0.05) is 25.3 Å². The van der Waals surface area contributed by atoms with Crippen LogP contribution in [0.25, 0.3) is 11.2 Å². The van der Waals surface area contributed by atoms with Gasteiger partial charge in [-0.1, -0.05) is 50.1 Å². The summed E-state index contributed by atoms with van der Waals surface area (Å²) < 4.78 is 2.21. The van der Waals surface area contributed by atoms with E-state index in [2.05, 4.69) is 57.8 Å². The van der Waals surface area contributed by atoms with Crippen LogP contribution in [0.3, 0.4) is 0 Å². The molecule has 2 atom stereocenters. The standard InChI is InChI=1S/C27H31ClN6/c1-19(20-8-3-2-4-9-20)21-12-16-33(17-13-21)27(14-7-15-30-27)24-23-25(32-26(28)31-24)34(18-29-23)22-10-5-6-11-22/h2-4,7-9,14-15,18-19,21-22H,5-6,10-13,16-17H2,1H3. The molecule has 2 unspecified atom stereocenters. The molecule has 3 aliphatic rings. The average molecular weight is 475 g/mol. The number of aromatic nitrogens is 4. The Labute approximate surface area is 205 Å². The maximum absolute atomic E-state index is 6.51. The highest BCUT2D eigenvalue weighted by Gasteiger charge is 2.43. The van der Waals surface area contributed by atoms with E-state index in [-0.39, 0.29) is 5.28 Å². The van der Waals surface area contributed by atoms with Crippen LogP contribution in [0.15, 0.2) is 53.8 Å². The van der Waals surface area contributed by atoms with Gasteiger partial charge in [-0.2, -0.15) is 4.98 Å². The van der Waals surface area contributed by atoms with Crippen LogP contribution in [0.4, 0.5) is 0 Å². The zero-order chi connectivity index (χ0) is 23.1. The second-order valence-corrected chi connectivity index (χ2v) is 10.3. The molecule has 34 heavy (non-hydrogen) atoms. The van der Waals surface area contributed by atoms with Gasteiger partial charge in [-0.25, -0.2) is 9.97 Å². The van der Waals surface area contributed by atoms with Crippen LogP contribution < -0.4 is 0 Å². The third-order valence-corrected chi connectivity index (χ3v) is 8.37. The predicted octanol–water partition coefficient (Wildman–Crippen LogP) is 5.90. The van der Waals surface area contributed by atoms with E-state index >= 15 is 0 Å². The second-order valence-electron chi connectivity index (χ2n) is 9.99. The van der Waals surface area contributed by atoms with Crippen LogP contribution in [0.2, 0.25) is 5.28 Å². The first-order chi connectivity index (χ1) is 16.7. The summed E-state index contributed by atoms with van der Waals surface area (Å²) in [5, 5.41) is 0.268. The minimum atomic E-state index is -0.666. The summed E-state index contributed by atoms with van der Waals surface area (Å²) in [4.78, 5) is 21.6. The van der Waals surface area contributed by atoms with Gasteiger partial charge in [0.05, 0.1) is 6.33 Å². The van der Waals surface area contributed by atoms with Gasteiger partial charge in [-0.15, -0.1) is 0 Å². The first-order valence-electron chi connectivity index (χ1n) is 12.6. The summed E-state index contributed by atoms with van der Waals surface area (Å²) in [6.45, 7) is 4.27. The minimum Gasteiger partial charge on any atom is -0.312 e. The fourth-order valence-electron chi connectivity index (χ4n) is 6.22. The number of hydrogen-bond acceptors (Lipinski definition) is 5. The molecule has 0 radical (unpaired) electrons. The molecule has 2 fully saturated rings. The third kappa shape index (κ3) is 3.68. The van der Waals surface area contributed by atoms with Crippen molar-refractivity contribution in [3.63, 3.8) is 0 Å². The molecular weight excluding hydrogens is 444 g/mol. The molecule has 1 saturated carbocycles. The highest BCUT2D eigenvalue weighted by Crippen LogP contribution is 2.42. The molecule has 4 heterocycles. The summed E-state index contributed by atoms with van der Waals surface area (Å²) in [6.07, 6.45) is 15.1. The van der Waals surface area contributed by atoms with Crippen molar-refractivity contribution in [2.24, 2.45) is 10.9 Å². The lowest BCUT2D eigenvalue weighted by Crippen LogP contribution is -2.48. The number of halogens is 1. The summed E-state index contributed by atoms with van der Waals surface area (Å²) in [7, 11) is 0. The van der Waals surface area contributed by atoms with E-state index in [1.807, 2.05) is 18.6 Å². The number of aliphatic imine (C=N–C) groups is 1. The van der Waals surface area contributed by atoms with Gasteiger partial charge in [0.2, 0.25) is 5.28 Å². The predicted molar refractivity (Wildman–Crippen MR) is 136 cm³/mol. The molecule has 176 valence electrons. The van der Waals surface area contributed by atoms with Crippen LogP contribution in [-0.2, 0) is 5.66 Å². The Bertz CT molecular complexity index is 1210. The quantitative estimate of drug-likeness (QED) is 0.431. The average Bonchev–Trinajstić information content (AvgIpc) is 3.65. The molecule has 2 aromatic heterocycles. The Balaban J connectivity index is 1.32. The largest absolute Gasteiger partial charge is 0.312 e. The summed E-state index contributed by atoms with van der Waals surface area (Å²) >= 11 is 6.51. The zero-order valence-electron chi connectivity index (χ0n) is 19.6. The lowest BCUT2D eigenvalue weighted by molar-refractivity contribution is 0.0808. The molecule has 7 heteroatoms. The van der Waals surface area contributed by atoms with Crippen molar-refractivity contribution in [3.05, 3.63) is 65.4 Å². The number of allylic oxidation sites excluding steroid dienone is 1. The molecule has 0 N–H and O–H groups in total. The number of likely N-dealkylation sites (tertiary alicyclic amines) is 1. The van der Waals surface area contributed by atoms with Crippen molar-refractivity contribution in [1.82, 2.24) is 24.4 Å². The molecule has 6 rings (SSSR count). The van der Waals surface area contributed by atoms with E-state index in [0.717, 1.165) is 42.8 Å². The van der Waals surface area contributed by atoms with Gasteiger partial charge in [-0.05, 0) is 66.8 Å². The number of rotatable bonds is 5. The summed E-state index contributed by atoms with van der Waals surface area (Å²) in [6, 6.07) is 11.3. The number of hydrogen-bond donors (Lipinski definition) is 0. The third-order valence-electron chi connectivity index (χ3n) is 8.20. The Morgan fingerprint density at radius 2 is 1.79 bits per heavy atom. The van der Waals surface area contributed by atoms with E-state index < -0.39 is 5.66 Å². The van der Waals surface area contributed by atoms with Crippen LogP contribution in [0, 0.1) is 5.92 Å².